The maximum absolute atomic E-state index is 12.8. The summed E-state index contributed by atoms with van der Waals surface area (Å²) in [6, 6.07) is 30.9. The molecule has 3 heterocycles. The number of anilines is 1. The normalized spacial score (nSPS) is 17.3. The Morgan fingerprint density at radius 1 is 0.881 bits per heavy atom. The standard InChI is InChI=1S/C34H37N5O2S/c40-33(35-23-30-15-8-20-41-30)29-14-7-11-27(21-29)25-42-34-36-31(28-12-5-2-6-13-28)22-32(37-34)39-18-16-38(17-19-39)24-26-9-3-1-4-10-26/h1-7,9-14,21-22,30H,8,15-20,23-25H2,(H,35,40). The molecule has 0 spiro atoms. The fourth-order valence-electron chi connectivity index (χ4n) is 5.44. The van der Waals surface area contributed by atoms with Crippen molar-refractivity contribution in [3.8, 4) is 11.3 Å². The highest BCUT2D eigenvalue weighted by Gasteiger charge is 2.21. The lowest BCUT2D eigenvalue weighted by Crippen LogP contribution is -2.46. The van der Waals surface area contributed by atoms with E-state index in [0.29, 0.717) is 17.9 Å². The third-order valence-electron chi connectivity index (χ3n) is 7.78. The van der Waals surface area contributed by atoms with Gasteiger partial charge in [0.1, 0.15) is 5.82 Å². The molecule has 216 valence electrons. The van der Waals surface area contributed by atoms with E-state index < -0.39 is 0 Å². The molecule has 0 bridgehead atoms. The first-order valence-corrected chi connectivity index (χ1v) is 15.8. The van der Waals surface area contributed by atoms with Crippen LogP contribution in [0.4, 0.5) is 5.82 Å². The average molecular weight is 580 g/mol. The molecule has 0 saturated carbocycles. The summed E-state index contributed by atoms with van der Waals surface area (Å²) in [6.45, 7) is 6.14. The Kier molecular flexibility index (Phi) is 9.44. The monoisotopic (exact) mass is 579 g/mol. The molecule has 1 amide bonds. The SMILES string of the molecule is O=C(NCC1CCCO1)c1cccc(CSc2nc(-c3ccccc3)cc(N3CCN(Cc4ccccc4)CC3)n2)c1. The second kappa shape index (κ2) is 14.0. The molecule has 1 unspecified atom stereocenters. The molecule has 2 saturated heterocycles. The number of aromatic nitrogens is 2. The summed E-state index contributed by atoms with van der Waals surface area (Å²) in [5.41, 5.74) is 5.09. The van der Waals surface area contributed by atoms with Gasteiger partial charge in [-0.3, -0.25) is 9.69 Å². The van der Waals surface area contributed by atoms with Crippen molar-refractivity contribution in [3.05, 3.63) is 108 Å². The highest BCUT2D eigenvalue weighted by molar-refractivity contribution is 7.98. The van der Waals surface area contributed by atoms with Gasteiger partial charge < -0.3 is 15.0 Å². The topological polar surface area (TPSA) is 70.6 Å². The van der Waals surface area contributed by atoms with Crippen LogP contribution in [0.1, 0.15) is 34.3 Å². The van der Waals surface area contributed by atoms with E-state index in [1.165, 1.54) is 5.56 Å². The maximum atomic E-state index is 12.8. The quantitative estimate of drug-likeness (QED) is 0.192. The fraction of sp³-hybridized carbons (Fsp3) is 0.324. The van der Waals surface area contributed by atoms with Gasteiger partial charge in [-0.1, -0.05) is 84.6 Å². The third kappa shape index (κ3) is 7.56. The molecule has 4 aromatic rings. The first-order chi connectivity index (χ1) is 20.7. The molecule has 2 aliphatic heterocycles. The number of nitrogens with zero attached hydrogens (tertiary/aromatic N) is 4. The largest absolute Gasteiger partial charge is 0.376 e. The van der Waals surface area contributed by atoms with Crippen LogP contribution in [0.25, 0.3) is 11.3 Å². The lowest BCUT2D eigenvalue weighted by Gasteiger charge is -2.35. The number of benzene rings is 3. The van der Waals surface area contributed by atoms with Crippen LogP contribution in [0.2, 0.25) is 0 Å². The zero-order chi connectivity index (χ0) is 28.6. The smallest absolute Gasteiger partial charge is 0.251 e. The van der Waals surface area contributed by atoms with Gasteiger partial charge in [0.25, 0.3) is 5.91 Å². The van der Waals surface area contributed by atoms with Crippen LogP contribution in [0.15, 0.2) is 96.2 Å². The molecule has 0 aliphatic carbocycles. The number of nitrogens with one attached hydrogen (secondary N) is 1. The van der Waals surface area contributed by atoms with Gasteiger partial charge in [-0.2, -0.15) is 0 Å². The van der Waals surface area contributed by atoms with Gasteiger partial charge in [0.05, 0.1) is 11.8 Å². The number of ether oxygens (including phenoxy) is 1. The molecule has 0 radical (unpaired) electrons. The molecule has 1 aromatic heterocycles. The van der Waals surface area contributed by atoms with Crippen molar-refractivity contribution in [2.45, 2.75) is 36.4 Å². The Labute approximate surface area is 252 Å². The molecule has 8 heteroatoms. The number of thioether (sulfide) groups is 1. The zero-order valence-electron chi connectivity index (χ0n) is 23.8. The van der Waals surface area contributed by atoms with Gasteiger partial charge >= 0.3 is 0 Å². The Morgan fingerprint density at radius 2 is 1.64 bits per heavy atom. The van der Waals surface area contributed by atoms with Gasteiger partial charge in [0.15, 0.2) is 5.16 Å². The number of rotatable bonds is 10. The molecule has 42 heavy (non-hydrogen) atoms. The van der Waals surface area contributed by atoms with Gasteiger partial charge in [-0.15, -0.1) is 0 Å². The van der Waals surface area contributed by atoms with E-state index >= 15 is 0 Å². The van der Waals surface area contributed by atoms with Crippen LogP contribution >= 0.6 is 11.8 Å². The summed E-state index contributed by atoms with van der Waals surface area (Å²) in [6.07, 6.45) is 2.19. The van der Waals surface area contributed by atoms with Crippen LogP contribution in [-0.2, 0) is 17.0 Å². The Bertz CT molecular complexity index is 1460. The first-order valence-electron chi connectivity index (χ1n) is 14.8. The van der Waals surface area contributed by atoms with E-state index in [1.807, 2.05) is 36.4 Å². The molecular formula is C34H37N5O2S. The van der Waals surface area contributed by atoms with Crippen LogP contribution in [-0.4, -0.2) is 66.2 Å². The van der Waals surface area contributed by atoms with E-state index in [-0.39, 0.29) is 12.0 Å². The second-order valence-corrected chi connectivity index (χ2v) is 11.8. The highest BCUT2D eigenvalue weighted by atomic mass is 32.2. The minimum absolute atomic E-state index is 0.0617. The van der Waals surface area contributed by atoms with Crippen molar-refractivity contribution >= 4 is 23.5 Å². The van der Waals surface area contributed by atoms with Crippen molar-refractivity contribution in [2.75, 3.05) is 44.2 Å². The molecular weight excluding hydrogens is 542 g/mol. The maximum Gasteiger partial charge on any atom is 0.251 e. The molecule has 6 rings (SSSR count). The molecule has 3 aromatic carbocycles. The Morgan fingerprint density at radius 3 is 2.40 bits per heavy atom. The van der Waals surface area contributed by atoms with Crippen molar-refractivity contribution in [1.29, 1.82) is 0 Å². The number of hydrogen-bond acceptors (Lipinski definition) is 7. The molecule has 2 fully saturated rings. The number of amides is 1. The molecule has 2 aliphatic rings. The van der Waals surface area contributed by atoms with E-state index in [1.54, 1.807) is 11.8 Å². The van der Waals surface area contributed by atoms with Crippen LogP contribution in [0, 0.1) is 0 Å². The van der Waals surface area contributed by atoms with E-state index in [9.17, 15) is 4.79 Å². The predicted molar refractivity (Wildman–Crippen MR) is 169 cm³/mol. The molecule has 1 N–H and O–H groups in total. The predicted octanol–water partition coefficient (Wildman–Crippen LogP) is 5.67. The van der Waals surface area contributed by atoms with Gasteiger partial charge in [-0.25, -0.2) is 9.97 Å². The average Bonchev–Trinajstić information content (AvgIpc) is 3.58. The zero-order valence-corrected chi connectivity index (χ0v) is 24.6. The number of piperazine rings is 1. The summed E-state index contributed by atoms with van der Waals surface area (Å²) in [5.74, 6) is 1.58. The van der Waals surface area contributed by atoms with Crippen LogP contribution in [0.3, 0.4) is 0 Å². The van der Waals surface area contributed by atoms with Gasteiger partial charge in [-0.05, 0) is 36.1 Å². The van der Waals surface area contributed by atoms with Gasteiger partial charge in [0.2, 0.25) is 0 Å². The van der Waals surface area contributed by atoms with Crippen LogP contribution < -0.4 is 10.2 Å². The Hall–Kier alpha value is -3.72. The summed E-state index contributed by atoms with van der Waals surface area (Å²) < 4.78 is 5.64. The van der Waals surface area contributed by atoms with E-state index in [4.69, 9.17) is 14.7 Å². The third-order valence-corrected chi connectivity index (χ3v) is 8.70. The lowest BCUT2D eigenvalue weighted by molar-refractivity contribution is 0.0857. The summed E-state index contributed by atoms with van der Waals surface area (Å²) in [5, 5.41) is 3.77. The van der Waals surface area contributed by atoms with Crippen molar-refractivity contribution in [1.82, 2.24) is 20.2 Å². The van der Waals surface area contributed by atoms with Crippen LogP contribution in [0.5, 0.6) is 0 Å². The van der Waals surface area contributed by atoms with Crippen molar-refractivity contribution in [3.63, 3.8) is 0 Å². The van der Waals surface area contributed by atoms with Crippen molar-refractivity contribution in [2.24, 2.45) is 0 Å². The Balaban J connectivity index is 1.13. The highest BCUT2D eigenvalue weighted by Crippen LogP contribution is 2.28. The summed E-state index contributed by atoms with van der Waals surface area (Å²) in [4.78, 5) is 27.6. The van der Waals surface area contributed by atoms with E-state index in [0.717, 1.165) is 80.0 Å². The fourth-order valence-corrected chi connectivity index (χ4v) is 6.23. The molecule has 7 nitrogen and oxygen atoms in total. The minimum Gasteiger partial charge on any atom is -0.376 e. The lowest BCUT2D eigenvalue weighted by atomic mass is 10.1. The second-order valence-electron chi connectivity index (χ2n) is 10.8. The van der Waals surface area contributed by atoms with Gasteiger partial charge in [0, 0.05) is 68.8 Å². The van der Waals surface area contributed by atoms with Crippen molar-refractivity contribution < 1.29 is 9.53 Å². The first kappa shape index (κ1) is 28.4. The molecule has 1 atom stereocenters. The number of carbonyl (C=O) groups is 1. The number of carbonyl (C=O) groups excluding carboxylic acids is 1. The summed E-state index contributed by atoms with van der Waals surface area (Å²) in [7, 11) is 0. The summed E-state index contributed by atoms with van der Waals surface area (Å²) >= 11 is 1.61. The van der Waals surface area contributed by atoms with E-state index in [2.05, 4.69) is 69.7 Å². The number of hydrogen-bond donors (Lipinski definition) is 1. The minimum atomic E-state index is -0.0617.